The minimum Gasteiger partial charge on any atom is -0.449 e. The first-order valence-corrected chi connectivity index (χ1v) is 11.2. The monoisotopic (exact) mass is 474 g/mol. The summed E-state index contributed by atoms with van der Waals surface area (Å²) in [6.45, 7) is 1.68. The highest BCUT2D eigenvalue weighted by Crippen LogP contribution is 2.20. The highest BCUT2D eigenvalue weighted by Gasteiger charge is 2.20. The van der Waals surface area contributed by atoms with Gasteiger partial charge in [0.25, 0.3) is 15.9 Å². The summed E-state index contributed by atoms with van der Waals surface area (Å²) in [4.78, 5) is 24.2. The molecule has 0 saturated carbocycles. The number of carbonyl (C=O) groups excluding carboxylic acids is 2. The SMILES string of the molecule is C[C@@H](OC(=O)c1cccc(NS(=O)(=O)c2ccc(F)c(F)c2)c1)C(=O)NCc1ccccc1. The van der Waals surface area contributed by atoms with Crippen LogP contribution in [0.2, 0.25) is 0 Å². The van der Waals surface area contributed by atoms with Crippen LogP contribution in [-0.4, -0.2) is 26.4 Å². The van der Waals surface area contributed by atoms with E-state index in [1.54, 1.807) is 0 Å². The fourth-order valence-electron chi connectivity index (χ4n) is 2.78. The van der Waals surface area contributed by atoms with Crippen LogP contribution < -0.4 is 10.0 Å². The van der Waals surface area contributed by atoms with Gasteiger partial charge in [0.1, 0.15) is 0 Å². The van der Waals surface area contributed by atoms with Gasteiger partial charge in [-0.15, -0.1) is 0 Å². The Kier molecular flexibility index (Phi) is 7.39. The van der Waals surface area contributed by atoms with Crippen LogP contribution in [0.1, 0.15) is 22.8 Å². The standard InChI is InChI=1S/C23H20F2N2O5S/c1-15(22(28)26-14-16-6-3-2-4-7-16)32-23(29)17-8-5-9-18(12-17)27-33(30,31)19-10-11-20(24)21(25)13-19/h2-13,15,27H,14H2,1H3,(H,26,28)/t15-/m1/s1. The molecule has 0 aliphatic rings. The van der Waals surface area contributed by atoms with Crippen molar-refractivity contribution < 1.29 is 31.5 Å². The van der Waals surface area contributed by atoms with Crippen LogP contribution in [-0.2, 0) is 26.1 Å². The third kappa shape index (κ3) is 6.36. The van der Waals surface area contributed by atoms with E-state index in [1.165, 1.54) is 31.2 Å². The first-order valence-electron chi connectivity index (χ1n) is 9.76. The van der Waals surface area contributed by atoms with E-state index < -0.39 is 44.5 Å². The predicted octanol–water partition coefficient (Wildman–Crippen LogP) is 3.63. The van der Waals surface area contributed by atoms with Crippen molar-refractivity contribution in [1.29, 1.82) is 0 Å². The third-order valence-electron chi connectivity index (χ3n) is 4.51. The van der Waals surface area contributed by atoms with Gasteiger partial charge in [-0.2, -0.15) is 0 Å². The Morgan fingerprint density at radius 1 is 0.939 bits per heavy atom. The summed E-state index contributed by atoms with van der Waals surface area (Å²) in [6.07, 6.45) is -1.09. The number of sulfonamides is 1. The van der Waals surface area contributed by atoms with E-state index in [0.29, 0.717) is 12.1 Å². The lowest BCUT2D eigenvalue weighted by atomic mass is 10.2. The number of anilines is 1. The molecule has 0 saturated heterocycles. The molecule has 3 rings (SSSR count). The predicted molar refractivity (Wildman–Crippen MR) is 117 cm³/mol. The van der Waals surface area contributed by atoms with Crippen molar-refractivity contribution in [3.05, 3.63) is 95.6 Å². The fourth-order valence-corrected chi connectivity index (χ4v) is 3.84. The molecule has 1 atom stereocenters. The second-order valence-electron chi connectivity index (χ2n) is 7.01. The molecule has 0 aliphatic carbocycles. The van der Waals surface area contributed by atoms with Crippen LogP contribution in [0.4, 0.5) is 14.5 Å². The number of esters is 1. The van der Waals surface area contributed by atoms with Gasteiger partial charge in [0.15, 0.2) is 17.7 Å². The second-order valence-corrected chi connectivity index (χ2v) is 8.70. The zero-order valence-electron chi connectivity index (χ0n) is 17.4. The summed E-state index contributed by atoms with van der Waals surface area (Å²) in [5.41, 5.74) is 0.865. The van der Waals surface area contributed by atoms with Gasteiger partial charge < -0.3 is 10.1 Å². The van der Waals surface area contributed by atoms with E-state index in [-0.39, 0.29) is 17.8 Å². The van der Waals surface area contributed by atoms with Crippen LogP contribution >= 0.6 is 0 Å². The largest absolute Gasteiger partial charge is 0.449 e. The first-order chi connectivity index (χ1) is 15.7. The number of halogens is 2. The van der Waals surface area contributed by atoms with Crippen LogP contribution in [0.15, 0.2) is 77.7 Å². The minimum atomic E-state index is -4.24. The molecule has 33 heavy (non-hydrogen) atoms. The van der Waals surface area contributed by atoms with E-state index >= 15 is 0 Å². The van der Waals surface area contributed by atoms with Gasteiger partial charge in [-0.05, 0) is 48.9 Å². The Morgan fingerprint density at radius 3 is 2.36 bits per heavy atom. The Morgan fingerprint density at radius 2 is 1.67 bits per heavy atom. The molecule has 0 bridgehead atoms. The summed E-state index contributed by atoms with van der Waals surface area (Å²) in [5, 5.41) is 2.66. The van der Waals surface area contributed by atoms with Crippen molar-refractivity contribution >= 4 is 27.6 Å². The Balaban J connectivity index is 1.63. The van der Waals surface area contributed by atoms with E-state index in [9.17, 15) is 26.8 Å². The van der Waals surface area contributed by atoms with Crippen molar-refractivity contribution in [3.8, 4) is 0 Å². The van der Waals surface area contributed by atoms with Gasteiger partial charge in [-0.1, -0.05) is 36.4 Å². The maximum absolute atomic E-state index is 13.4. The smallest absolute Gasteiger partial charge is 0.338 e. The minimum absolute atomic E-state index is 0.00429. The number of nitrogens with one attached hydrogen (secondary N) is 2. The lowest BCUT2D eigenvalue weighted by Crippen LogP contribution is -2.35. The van der Waals surface area contributed by atoms with Gasteiger partial charge in [0, 0.05) is 12.2 Å². The maximum atomic E-state index is 13.4. The van der Waals surface area contributed by atoms with E-state index in [0.717, 1.165) is 11.6 Å². The maximum Gasteiger partial charge on any atom is 0.338 e. The Labute approximate surface area is 189 Å². The summed E-state index contributed by atoms with van der Waals surface area (Å²) in [7, 11) is -4.24. The van der Waals surface area contributed by atoms with Gasteiger partial charge in [-0.25, -0.2) is 22.0 Å². The van der Waals surface area contributed by atoms with Gasteiger partial charge in [0.05, 0.1) is 10.5 Å². The molecular formula is C23H20F2N2O5S. The van der Waals surface area contributed by atoms with Crippen LogP contribution in [0, 0.1) is 11.6 Å². The number of carbonyl (C=O) groups is 2. The van der Waals surface area contributed by atoms with Gasteiger partial charge >= 0.3 is 5.97 Å². The average molecular weight is 474 g/mol. The van der Waals surface area contributed by atoms with Gasteiger partial charge in [-0.3, -0.25) is 9.52 Å². The van der Waals surface area contributed by atoms with Gasteiger partial charge in [0.2, 0.25) is 0 Å². The summed E-state index contributed by atoms with van der Waals surface area (Å²) >= 11 is 0. The van der Waals surface area contributed by atoms with Crippen molar-refractivity contribution in [1.82, 2.24) is 5.32 Å². The summed E-state index contributed by atoms with van der Waals surface area (Å²) in [5.74, 6) is -3.83. The van der Waals surface area contributed by atoms with Crippen molar-refractivity contribution in [3.63, 3.8) is 0 Å². The molecule has 2 N–H and O–H groups in total. The Hall–Kier alpha value is -3.79. The molecule has 0 radical (unpaired) electrons. The molecule has 3 aromatic carbocycles. The van der Waals surface area contributed by atoms with Crippen molar-refractivity contribution in [2.75, 3.05) is 4.72 Å². The second kappa shape index (κ2) is 10.2. The molecule has 7 nitrogen and oxygen atoms in total. The molecule has 0 heterocycles. The molecule has 1 amide bonds. The lowest BCUT2D eigenvalue weighted by molar-refractivity contribution is -0.129. The lowest BCUT2D eigenvalue weighted by Gasteiger charge is -2.14. The number of hydrogen-bond donors (Lipinski definition) is 2. The van der Waals surface area contributed by atoms with E-state index in [4.69, 9.17) is 4.74 Å². The van der Waals surface area contributed by atoms with E-state index in [1.807, 2.05) is 30.3 Å². The summed E-state index contributed by atoms with van der Waals surface area (Å²) < 4.78 is 58.7. The third-order valence-corrected chi connectivity index (χ3v) is 5.89. The molecule has 0 fully saturated rings. The quantitative estimate of drug-likeness (QED) is 0.486. The first kappa shape index (κ1) is 23.9. The molecular weight excluding hydrogens is 454 g/mol. The van der Waals surface area contributed by atoms with E-state index in [2.05, 4.69) is 10.0 Å². The average Bonchev–Trinajstić information content (AvgIpc) is 2.79. The molecule has 0 spiro atoms. The highest BCUT2D eigenvalue weighted by atomic mass is 32.2. The molecule has 172 valence electrons. The molecule has 10 heteroatoms. The highest BCUT2D eigenvalue weighted by molar-refractivity contribution is 7.92. The number of benzene rings is 3. The van der Waals surface area contributed by atoms with Crippen LogP contribution in [0.5, 0.6) is 0 Å². The number of rotatable bonds is 8. The number of amides is 1. The Bertz CT molecular complexity index is 1270. The molecule has 3 aromatic rings. The molecule has 0 aromatic heterocycles. The number of hydrogen-bond acceptors (Lipinski definition) is 5. The molecule has 0 unspecified atom stereocenters. The zero-order chi connectivity index (χ0) is 24.0. The normalized spacial score (nSPS) is 12.0. The topological polar surface area (TPSA) is 102 Å². The van der Waals surface area contributed by atoms with Crippen molar-refractivity contribution in [2.45, 2.75) is 24.5 Å². The van der Waals surface area contributed by atoms with Crippen LogP contribution in [0.3, 0.4) is 0 Å². The van der Waals surface area contributed by atoms with Crippen molar-refractivity contribution in [2.24, 2.45) is 0 Å². The molecule has 0 aliphatic heterocycles. The summed E-state index contributed by atoms with van der Waals surface area (Å²) in [6, 6.07) is 16.7. The fraction of sp³-hybridized carbons (Fsp3) is 0.130. The zero-order valence-corrected chi connectivity index (χ0v) is 18.2. The number of ether oxygens (including phenoxy) is 1. The van der Waals surface area contributed by atoms with Crippen LogP contribution in [0.25, 0.3) is 0 Å².